The van der Waals surface area contributed by atoms with Gasteiger partial charge in [-0.25, -0.2) is 0 Å². The third kappa shape index (κ3) is 3.64. The molecular formula is C12H18N2O3. The van der Waals surface area contributed by atoms with Crippen LogP contribution in [0.15, 0.2) is 18.2 Å². The lowest BCUT2D eigenvalue weighted by molar-refractivity contribution is -0.117. The molecule has 1 amide bonds. The van der Waals surface area contributed by atoms with Gasteiger partial charge in [-0.1, -0.05) is 0 Å². The highest BCUT2D eigenvalue weighted by molar-refractivity contribution is 5.94. The lowest BCUT2D eigenvalue weighted by atomic mass is 10.2. The highest BCUT2D eigenvalue weighted by atomic mass is 16.5. The lowest BCUT2D eigenvalue weighted by Crippen LogP contribution is -2.32. The van der Waals surface area contributed by atoms with Crippen molar-refractivity contribution in [3.63, 3.8) is 0 Å². The summed E-state index contributed by atoms with van der Waals surface area (Å²) >= 11 is 0. The summed E-state index contributed by atoms with van der Waals surface area (Å²) in [7, 11) is 1.55. The van der Waals surface area contributed by atoms with Crippen LogP contribution in [0.2, 0.25) is 0 Å². The molecule has 1 aromatic rings. The van der Waals surface area contributed by atoms with E-state index in [1.54, 1.807) is 32.2 Å². The van der Waals surface area contributed by atoms with E-state index in [9.17, 15) is 4.79 Å². The van der Waals surface area contributed by atoms with Gasteiger partial charge in [-0.15, -0.1) is 0 Å². The minimum Gasteiger partial charge on any atom is -0.493 e. The normalized spacial score (nSPS) is 11.8. The molecule has 0 radical (unpaired) electrons. The fourth-order valence-corrected chi connectivity index (χ4v) is 1.28. The van der Waals surface area contributed by atoms with Crippen LogP contribution in [0.5, 0.6) is 11.5 Å². The first-order valence-corrected chi connectivity index (χ1v) is 5.45. The monoisotopic (exact) mass is 238 g/mol. The summed E-state index contributed by atoms with van der Waals surface area (Å²) in [5.41, 5.74) is 6.10. The molecule has 0 aliphatic rings. The Morgan fingerprint density at radius 3 is 2.71 bits per heavy atom. The molecule has 0 spiro atoms. The van der Waals surface area contributed by atoms with E-state index in [0.717, 1.165) is 0 Å². The van der Waals surface area contributed by atoms with Gasteiger partial charge in [0, 0.05) is 11.8 Å². The number of hydrogen-bond donors (Lipinski definition) is 2. The number of amides is 1. The Kier molecular flexibility index (Phi) is 4.78. The molecule has 17 heavy (non-hydrogen) atoms. The first-order valence-electron chi connectivity index (χ1n) is 5.45. The quantitative estimate of drug-likeness (QED) is 0.812. The molecule has 1 aromatic carbocycles. The van der Waals surface area contributed by atoms with Crippen LogP contribution in [-0.4, -0.2) is 25.7 Å². The van der Waals surface area contributed by atoms with Gasteiger partial charge in [-0.3, -0.25) is 4.79 Å². The fraction of sp³-hybridized carbons (Fsp3) is 0.417. The first kappa shape index (κ1) is 13.3. The Balaban J connectivity index is 2.85. The molecule has 1 rings (SSSR count). The summed E-state index contributed by atoms with van der Waals surface area (Å²) in [4.78, 5) is 11.4. The Morgan fingerprint density at radius 1 is 1.47 bits per heavy atom. The van der Waals surface area contributed by atoms with Crippen LogP contribution in [0.25, 0.3) is 0 Å². The van der Waals surface area contributed by atoms with Crippen molar-refractivity contribution in [3.8, 4) is 11.5 Å². The molecule has 0 aliphatic heterocycles. The van der Waals surface area contributed by atoms with E-state index >= 15 is 0 Å². The average molecular weight is 238 g/mol. The molecule has 5 heteroatoms. The number of nitrogens with two attached hydrogens (primary N) is 1. The number of nitrogens with one attached hydrogen (secondary N) is 1. The number of ether oxygens (including phenoxy) is 2. The second-order valence-corrected chi connectivity index (χ2v) is 3.58. The second-order valence-electron chi connectivity index (χ2n) is 3.58. The summed E-state index contributed by atoms with van der Waals surface area (Å²) in [5.74, 6) is 0.985. The molecule has 0 aliphatic carbocycles. The molecule has 0 fully saturated rings. The molecule has 94 valence electrons. The second kappa shape index (κ2) is 6.10. The average Bonchev–Trinajstić information content (AvgIpc) is 2.31. The van der Waals surface area contributed by atoms with Crippen molar-refractivity contribution >= 4 is 11.6 Å². The van der Waals surface area contributed by atoms with Crippen LogP contribution in [-0.2, 0) is 4.79 Å². The Labute approximate surface area is 101 Å². The zero-order valence-corrected chi connectivity index (χ0v) is 10.3. The van der Waals surface area contributed by atoms with Gasteiger partial charge >= 0.3 is 0 Å². The van der Waals surface area contributed by atoms with E-state index in [-0.39, 0.29) is 5.91 Å². The van der Waals surface area contributed by atoms with Crippen LogP contribution >= 0.6 is 0 Å². The van der Waals surface area contributed by atoms with Crippen molar-refractivity contribution in [2.24, 2.45) is 5.73 Å². The molecule has 5 nitrogen and oxygen atoms in total. The van der Waals surface area contributed by atoms with E-state index in [2.05, 4.69) is 5.32 Å². The van der Waals surface area contributed by atoms with Crippen LogP contribution < -0.4 is 20.5 Å². The van der Waals surface area contributed by atoms with Crippen LogP contribution in [0.4, 0.5) is 5.69 Å². The van der Waals surface area contributed by atoms with E-state index in [0.29, 0.717) is 23.8 Å². The van der Waals surface area contributed by atoms with Crippen molar-refractivity contribution in [2.45, 2.75) is 19.9 Å². The smallest absolute Gasteiger partial charge is 0.241 e. The zero-order chi connectivity index (χ0) is 12.8. The lowest BCUT2D eigenvalue weighted by Gasteiger charge is -2.12. The standard InChI is InChI=1S/C12H18N2O3/c1-4-17-10-6-5-9(7-11(10)16-3)14-12(15)8(2)13/h5-8H,4,13H2,1-3H3,(H,14,15)/t8-/m0/s1. The van der Waals surface area contributed by atoms with Crippen molar-refractivity contribution in [2.75, 3.05) is 19.0 Å². The molecule has 1 atom stereocenters. The highest BCUT2D eigenvalue weighted by Gasteiger charge is 2.10. The third-order valence-electron chi connectivity index (χ3n) is 2.14. The van der Waals surface area contributed by atoms with Crippen LogP contribution in [0, 0.1) is 0 Å². The summed E-state index contributed by atoms with van der Waals surface area (Å²) in [5, 5.41) is 2.69. The maximum atomic E-state index is 11.4. The van der Waals surface area contributed by atoms with E-state index in [4.69, 9.17) is 15.2 Å². The van der Waals surface area contributed by atoms with Crippen molar-refractivity contribution in [1.29, 1.82) is 0 Å². The van der Waals surface area contributed by atoms with Crippen LogP contribution in [0.3, 0.4) is 0 Å². The molecule has 3 N–H and O–H groups in total. The predicted octanol–water partition coefficient (Wildman–Crippen LogP) is 1.38. The predicted molar refractivity (Wildman–Crippen MR) is 66.4 cm³/mol. The van der Waals surface area contributed by atoms with Gasteiger partial charge in [0.1, 0.15) is 0 Å². The molecule has 0 heterocycles. The van der Waals surface area contributed by atoms with Gasteiger partial charge in [0.2, 0.25) is 5.91 Å². The number of benzene rings is 1. The topological polar surface area (TPSA) is 73.6 Å². The Morgan fingerprint density at radius 2 is 2.18 bits per heavy atom. The molecule has 0 saturated carbocycles. The van der Waals surface area contributed by atoms with Gasteiger partial charge in [-0.2, -0.15) is 0 Å². The maximum Gasteiger partial charge on any atom is 0.241 e. The summed E-state index contributed by atoms with van der Waals surface area (Å²) < 4.78 is 10.5. The molecule has 0 unspecified atom stereocenters. The first-order chi connectivity index (χ1) is 8.08. The third-order valence-corrected chi connectivity index (χ3v) is 2.14. The molecule has 0 bridgehead atoms. The van der Waals surface area contributed by atoms with E-state index in [1.165, 1.54) is 0 Å². The summed E-state index contributed by atoms with van der Waals surface area (Å²) in [6, 6.07) is 4.64. The van der Waals surface area contributed by atoms with Crippen molar-refractivity contribution in [1.82, 2.24) is 0 Å². The Bertz CT molecular complexity index is 391. The van der Waals surface area contributed by atoms with Crippen molar-refractivity contribution in [3.05, 3.63) is 18.2 Å². The summed E-state index contributed by atoms with van der Waals surface area (Å²) in [6.45, 7) is 4.08. The number of anilines is 1. The molecular weight excluding hydrogens is 220 g/mol. The molecule has 0 saturated heterocycles. The van der Waals surface area contributed by atoms with Crippen LogP contribution in [0.1, 0.15) is 13.8 Å². The van der Waals surface area contributed by atoms with Gasteiger partial charge in [0.15, 0.2) is 11.5 Å². The summed E-state index contributed by atoms with van der Waals surface area (Å²) in [6.07, 6.45) is 0. The fourth-order valence-electron chi connectivity index (χ4n) is 1.28. The largest absolute Gasteiger partial charge is 0.493 e. The minimum absolute atomic E-state index is 0.240. The number of hydrogen-bond acceptors (Lipinski definition) is 4. The zero-order valence-electron chi connectivity index (χ0n) is 10.3. The SMILES string of the molecule is CCOc1ccc(NC(=O)[C@H](C)N)cc1OC. The van der Waals surface area contributed by atoms with Gasteiger partial charge in [-0.05, 0) is 26.0 Å². The number of methoxy groups -OCH3 is 1. The highest BCUT2D eigenvalue weighted by Crippen LogP contribution is 2.30. The number of carbonyl (C=O) groups is 1. The number of carbonyl (C=O) groups excluding carboxylic acids is 1. The Hall–Kier alpha value is -1.75. The van der Waals surface area contributed by atoms with Gasteiger partial charge in [0.05, 0.1) is 19.8 Å². The van der Waals surface area contributed by atoms with E-state index in [1.807, 2.05) is 6.92 Å². The number of rotatable bonds is 5. The maximum absolute atomic E-state index is 11.4. The minimum atomic E-state index is -0.549. The molecule has 0 aromatic heterocycles. The van der Waals surface area contributed by atoms with Gasteiger partial charge in [0.25, 0.3) is 0 Å². The van der Waals surface area contributed by atoms with E-state index < -0.39 is 6.04 Å². The van der Waals surface area contributed by atoms with Crippen molar-refractivity contribution < 1.29 is 14.3 Å². The van der Waals surface area contributed by atoms with Gasteiger partial charge < -0.3 is 20.5 Å².